The Morgan fingerprint density at radius 1 is 1.00 bits per heavy atom. The van der Waals surface area contributed by atoms with Crippen LogP contribution in [-0.4, -0.2) is 23.5 Å². The van der Waals surface area contributed by atoms with Crippen molar-refractivity contribution in [2.24, 2.45) is 17.8 Å². The summed E-state index contributed by atoms with van der Waals surface area (Å²) in [5.74, 6) is 2.43. The van der Waals surface area contributed by atoms with E-state index in [0.29, 0.717) is 5.54 Å². The molecule has 2 nitrogen and oxygen atoms in total. The van der Waals surface area contributed by atoms with Crippen molar-refractivity contribution >= 4 is 9.28 Å². The summed E-state index contributed by atoms with van der Waals surface area (Å²) in [6, 6.07) is 0. The minimum atomic E-state index is -1.38. The first-order chi connectivity index (χ1) is 6.11. The summed E-state index contributed by atoms with van der Waals surface area (Å²) in [7, 11) is 2.21. The lowest BCUT2D eigenvalue weighted by Gasteiger charge is -2.23. The van der Waals surface area contributed by atoms with Gasteiger partial charge in [0.2, 0.25) is 0 Å². The number of hydrogen-bond acceptors (Lipinski definition) is 2. The third-order valence-corrected chi connectivity index (χ3v) is 6.37. The molecule has 78 valence electrons. The molecule has 1 saturated carbocycles. The van der Waals surface area contributed by atoms with Crippen LogP contribution in [0.2, 0.25) is 5.54 Å². The van der Waals surface area contributed by atoms with Crippen LogP contribution < -0.4 is 0 Å². The fourth-order valence-electron chi connectivity index (χ4n) is 2.57. The van der Waals surface area contributed by atoms with Crippen LogP contribution in [0.3, 0.4) is 0 Å². The lowest BCUT2D eigenvalue weighted by Crippen LogP contribution is -2.28. The first-order valence-corrected chi connectivity index (χ1v) is 6.78. The van der Waals surface area contributed by atoms with E-state index in [9.17, 15) is 0 Å². The van der Waals surface area contributed by atoms with Crippen LogP contribution in [0.4, 0.5) is 0 Å². The van der Waals surface area contributed by atoms with Crippen LogP contribution in [0, 0.1) is 17.8 Å². The second kappa shape index (κ2) is 4.58. The molecule has 1 aliphatic carbocycles. The van der Waals surface area contributed by atoms with Crippen molar-refractivity contribution in [2.45, 2.75) is 32.7 Å². The summed E-state index contributed by atoms with van der Waals surface area (Å²) in [5, 5.41) is 0. The zero-order chi connectivity index (χ0) is 10.0. The van der Waals surface area contributed by atoms with Crippen molar-refractivity contribution in [2.75, 3.05) is 14.2 Å². The van der Waals surface area contributed by atoms with Gasteiger partial charge in [0.1, 0.15) is 0 Å². The predicted molar refractivity (Wildman–Crippen MR) is 57.0 cm³/mol. The highest BCUT2D eigenvalue weighted by Crippen LogP contribution is 2.46. The molecule has 0 saturated heterocycles. The van der Waals surface area contributed by atoms with Gasteiger partial charge in [0, 0.05) is 19.8 Å². The summed E-state index contributed by atoms with van der Waals surface area (Å²) >= 11 is 0. The van der Waals surface area contributed by atoms with Crippen LogP contribution >= 0.6 is 0 Å². The van der Waals surface area contributed by atoms with Crippen molar-refractivity contribution in [1.29, 1.82) is 0 Å². The van der Waals surface area contributed by atoms with Gasteiger partial charge in [-0.2, -0.15) is 0 Å². The van der Waals surface area contributed by atoms with E-state index in [2.05, 4.69) is 20.8 Å². The average Bonchev–Trinajstić information content (AvgIpc) is 2.36. The SMILES string of the molecule is CO[SiH](OC)C1CC(C)C(C)C1C. The van der Waals surface area contributed by atoms with Gasteiger partial charge < -0.3 is 8.85 Å². The van der Waals surface area contributed by atoms with Gasteiger partial charge in [-0.05, 0) is 24.2 Å². The minimum absolute atomic E-state index is 0.708. The Morgan fingerprint density at radius 3 is 1.85 bits per heavy atom. The first kappa shape index (κ1) is 11.2. The number of rotatable bonds is 3. The van der Waals surface area contributed by atoms with Gasteiger partial charge in [0.25, 0.3) is 0 Å². The van der Waals surface area contributed by atoms with Crippen LogP contribution in [0.25, 0.3) is 0 Å². The van der Waals surface area contributed by atoms with E-state index in [1.165, 1.54) is 6.42 Å². The molecule has 0 heterocycles. The molecule has 0 N–H and O–H groups in total. The number of hydrogen-bond donors (Lipinski definition) is 0. The maximum atomic E-state index is 5.47. The molecule has 13 heavy (non-hydrogen) atoms. The molecule has 0 aromatic carbocycles. The van der Waals surface area contributed by atoms with Crippen molar-refractivity contribution in [1.82, 2.24) is 0 Å². The molecule has 3 heteroatoms. The summed E-state index contributed by atoms with van der Waals surface area (Å²) < 4.78 is 10.9. The van der Waals surface area contributed by atoms with Crippen LogP contribution in [0.5, 0.6) is 0 Å². The minimum Gasteiger partial charge on any atom is -0.400 e. The molecule has 4 unspecified atom stereocenters. The van der Waals surface area contributed by atoms with Crippen LogP contribution in [0.15, 0.2) is 0 Å². The highest BCUT2D eigenvalue weighted by atomic mass is 28.3. The second-order valence-corrected chi connectivity index (χ2v) is 6.97. The Labute approximate surface area is 83.5 Å². The predicted octanol–water partition coefficient (Wildman–Crippen LogP) is 2.18. The molecule has 0 aliphatic heterocycles. The van der Waals surface area contributed by atoms with Gasteiger partial charge in [0.15, 0.2) is 0 Å². The Kier molecular flexibility index (Phi) is 3.95. The molecule has 0 bridgehead atoms. The topological polar surface area (TPSA) is 18.5 Å². The summed E-state index contributed by atoms with van der Waals surface area (Å²) in [6.45, 7) is 7.04. The van der Waals surface area contributed by atoms with E-state index >= 15 is 0 Å². The molecular formula is C10H22O2Si. The third kappa shape index (κ3) is 2.14. The quantitative estimate of drug-likeness (QED) is 0.653. The Balaban J connectivity index is 2.61. The maximum absolute atomic E-state index is 5.47. The lowest BCUT2D eigenvalue weighted by atomic mass is 9.94. The largest absolute Gasteiger partial charge is 0.400 e. The molecule has 0 aromatic heterocycles. The molecule has 1 rings (SSSR count). The molecule has 4 atom stereocenters. The summed E-state index contributed by atoms with van der Waals surface area (Å²) in [6.07, 6.45) is 1.29. The van der Waals surface area contributed by atoms with Gasteiger partial charge >= 0.3 is 9.28 Å². The van der Waals surface area contributed by atoms with E-state index in [-0.39, 0.29) is 0 Å². The van der Waals surface area contributed by atoms with Gasteiger partial charge in [-0.15, -0.1) is 0 Å². The standard InChI is InChI=1S/C10H22O2Si/c1-7-6-10(9(3)8(7)2)13(11-4)12-5/h7-10,13H,6H2,1-5H3. The zero-order valence-corrected chi connectivity index (χ0v) is 10.6. The van der Waals surface area contributed by atoms with Crippen molar-refractivity contribution < 1.29 is 8.85 Å². The average molecular weight is 202 g/mol. The fourth-order valence-corrected chi connectivity index (χ4v) is 4.96. The summed E-state index contributed by atoms with van der Waals surface area (Å²) in [4.78, 5) is 0. The van der Waals surface area contributed by atoms with Gasteiger partial charge in [-0.25, -0.2) is 0 Å². The van der Waals surface area contributed by atoms with E-state index in [4.69, 9.17) is 8.85 Å². The second-order valence-electron chi connectivity index (χ2n) is 4.43. The third-order valence-electron chi connectivity index (χ3n) is 3.86. The van der Waals surface area contributed by atoms with Gasteiger partial charge in [-0.3, -0.25) is 0 Å². The monoisotopic (exact) mass is 202 g/mol. The Bertz CT molecular complexity index is 157. The van der Waals surface area contributed by atoms with Crippen molar-refractivity contribution in [3.63, 3.8) is 0 Å². The van der Waals surface area contributed by atoms with Gasteiger partial charge in [0.05, 0.1) is 0 Å². The lowest BCUT2D eigenvalue weighted by molar-refractivity contribution is 0.253. The molecular weight excluding hydrogens is 180 g/mol. The van der Waals surface area contributed by atoms with E-state index < -0.39 is 9.28 Å². The highest BCUT2D eigenvalue weighted by molar-refractivity contribution is 6.46. The van der Waals surface area contributed by atoms with E-state index in [0.717, 1.165) is 17.8 Å². The van der Waals surface area contributed by atoms with Gasteiger partial charge in [-0.1, -0.05) is 20.8 Å². The maximum Gasteiger partial charge on any atom is 0.324 e. The smallest absolute Gasteiger partial charge is 0.324 e. The van der Waals surface area contributed by atoms with Crippen LogP contribution in [-0.2, 0) is 8.85 Å². The Hall–Kier alpha value is 0.137. The van der Waals surface area contributed by atoms with E-state index in [1.807, 2.05) is 0 Å². The van der Waals surface area contributed by atoms with E-state index in [1.54, 1.807) is 14.2 Å². The zero-order valence-electron chi connectivity index (χ0n) is 9.41. The molecule has 1 aliphatic rings. The Morgan fingerprint density at radius 2 is 1.54 bits per heavy atom. The van der Waals surface area contributed by atoms with Crippen molar-refractivity contribution in [3.8, 4) is 0 Å². The normalized spacial score (nSPS) is 40.2. The first-order valence-electron chi connectivity index (χ1n) is 5.17. The van der Waals surface area contributed by atoms with Crippen molar-refractivity contribution in [3.05, 3.63) is 0 Å². The fraction of sp³-hybridized carbons (Fsp3) is 1.00. The summed E-state index contributed by atoms with van der Waals surface area (Å²) in [5.41, 5.74) is 0.708. The molecule has 0 radical (unpaired) electrons. The highest BCUT2D eigenvalue weighted by Gasteiger charge is 2.41. The van der Waals surface area contributed by atoms with Crippen LogP contribution in [0.1, 0.15) is 27.2 Å². The molecule has 0 aromatic rings. The molecule has 0 spiro atoms. The molecule has 0 amide bonds. The molecule has 1 fully saturated rings.